The highest BCUT2D eigenvalue weighted by atomic mass is 32.2. The van der Waals surface area contributed by atoms with E-state index < -0.39 is 59.0 Å². The minimum Gasteiger partial charge on any atom is -0.497 e. The molecule has 0 aliphatic heterocycles. The zero-order chi connectivity index (χ0) is 95.5. The first-order chi connectivity index (χ1) is 64.7. The quantitative estimate of drug-likeness (QED) is 0.0463. The molecule has 0 amide bonds. The van der Waals surface area contributed by atoms with Gasteiger partial charge in [0, 0.05) is 5.41 Å². The molecule has 0 heterocycles. The summed E-state index contributed by atoms with van der Waals surface area (Å²) in [5, 5.41) is 0. The molecule has 0 aliphatic rings. The van der Waals surface area contributed by atoms with E-state index >= 15 is 0 Å². The maximum absolute atomic E-state index is 13.4. The van der Waals surface area contributed by atoms with Crippen LogP contribution in [0.25, 0.3) is 44.5 Å². The lowest BCUT2D eigenvalue weighted by Gasteiger charge is -2.26. The Morgan fingerprint density at radius 1 is 0.162 bits per heavy atom. The van der Waals surface area contributed by atoms with Gasteiger partial charge < -0.3 is 28.4 Å². The first-order valence-corrected chi connectivity index (χ1v) is 51.4. The van der Waals surface area contributed by atoms with Gasteiger partial charge in [0.2, 0.25) is 59.0 Å². The monoisotopic (exact) mass is 1920 g/mol. The van der Waals surface area contributed by atoms with Gasteiger partial charge in [0.05, 0.1) is 80.1 Å². The molecule has 24 heteroatoms. The molecule has 136 heavy (non-hydrogen) atoms. The van der Waals surface area contributed by atoms with Crippen LogP contribution in [0.1, 0.15) is 49.1 Å². The van der Waals surface area contributed by atoms with E-state index in [9.17, 15) is 50.5 Å². The van der Waals surface area contributed by atoms with Crippen molar-refractivity contribution in [3.63, 3.8) is 0 Å². The van der Waals surface area contributed by atoms with Crippen LogP contribution < -0.4 is 28.4 Å². The Labute approximate surface area is 795 Å². The van der Waals surface area contributed by atoms with E-state index in [1.807, 2.05) is 106 Å². The number of methoxy groups -OCH3 is 3. The SMILES string of the molecule is C.COc1ccc(-c2ccc(Oc3ccc(S(=O)(=O)c4ccc(-c5ccc(S(=O)(=O)c6ccc(C)cc6)cc5)cc4)cc3)cc2)cc1.COc1ccc(C(C)(C)c2ccc(Oc3ccc(S(=O)(=O)c4ccc(-c5ccc(S(=O)(=O)c6ccc(C)cc6)cc5)cc4)cc3)cc2)cc1.COc1ccc(Oc2ccc(S(=O)(=O)c3ccc(-c4ccc(S(=O)(=O)c5ccc(C)cc5)cc4)cc3)cc2)cc1. The summed E-state index contributed by atoms with van der Waals surface area (Å²) in [4.78, 5) is 2.18. The van der Waals surface area contributed by atoms with Crippen molar-refractivity contribution in [1.82, 2.24) is 0 Å². The van der Waals surface area contributed by atoms with Crippen LogP contribution in [0.2, 0.25) is 0 Å². The van der Waals surface area contributed by atoms with Crippen LogP contribution in [-0.2, 0) is 64.4 Å². The third-order valence-electron chi connectivity index (χ3n) is 22.8. The summed E-state index contributed by atoms with van der Waals surface area (Å²) < 4.78 is 191. The molecule has 17 aromatic carbocycles. The van der Waals surface area contributed by atoms with Crippen LogP contribution in [0.4, 0.5) is 0 Å². The van der Waals surface area contributed by atoms with Crippen molar-refractivity contribution in [3.05, 3.63) is 440 Å². The van der Waals surface area contributed by atoms with E-state index in [0.717, 1.165) is 83.8 Å². The molecule has 0 N–H and O–H groups in total. The van der Waals surface area contributed by atoms with E-state index in [1.165, 1.54) is 36.4 Å². The summed E-state index contributed by atoms with van der Waals surface area (Å²) in [6.45, 7) is 10.0. The molecule has 0 fully saturated rings. The molecule has 18 nitrogen and oxygen atoms in total. The molecule has 0 saturated heterocycles. The average Bonchev–Trinajstić information content (AvgIpc) is 0.805. The summed E-state index contributed by atoms with van der Waals surface area (Å²) >= 11 is 0. The molecule has 0 spiro atoms. The molecule has 17 aromatic rings. The second kappa shape index (κ2) is 41.4. The number of rotatable bonds is 27. The molecule has 688 valence electrons. The molecule has 0 aliphatic carbocycles. The lowest BCUT2D eigenvalue weighted by atomic mass is 9.78. The predicted molar refractivity (Wildman–Crippen MR) is 531 cm³/mol. The molecule has 0 aromatic heterocycles. The zero-order valence-electron chi connectivity index (χ0n) is 74.6. The maximum Gasteiger partial charge on any atom is 0.206 e. The van der Waals surface area contributed by atoms with E-state index in [4.69, 9.17) is 28.4 Å². The van der Waals surface area contributed by atoms with Gasteiger partial charge in [-0.25, -0.2) is 50.5 Å². The van der Waals surface area contributed by atoms with E-state index in [0.29, 0.717) is 40.2 Å². The van der Waals surface area contributed by atoms with Crippen LogP contribution >= 0.6 is 0 Å². The third-order valence-corrected chi connectivity index (χ3v) is 33.5. The van der Waals surface area contributed by atoms with Crippen LogP contribution in [0, 0.1) is 20.8 Å². The molecule has 0 saturated carbocycles. The lowest BCUT2D eigenvalue weighted by Crippen LogP contribution is -2.18. The van der Waals surface area contributed by atoms with Crippen molar-refractivity contribution in [2.75, 3.05) is 21.3 Å². The lowest BCUT2D eigenvalue weighted by molar-refractivity contribution is 0.413. The minimum absolute atomic E-state index is 0. The van der Waals surface area contributed by atoms with Gasteiger partial charge in [0.25, 0.3) is 0 Å². The zero-order valence-corrected chi connectivity index (χ0v) is 79.5. The van der Waals surface area contributed by atoms with Gasteiger partial charge in [0.15, 0.2) is 0 Å². The highest BCUT2D eigenvalue weighted by Crippen LogP contribution is 2.39. The van der Waals surface area contributed by atoms with E-state index in [2.05, 4.69) is 26.0 Å². The summed E-state index contributed by atoms with van der Waals surface area (Å²) in [5.74, 6) is 5.73. The average molecular weight is 1920 g/mol. The molecular formula is C112H96O18S6. The highest BCUT2D eigenvalue weighted by molar-refractivity contribution is 7.93. The largest absolute Gasteiger partial charge is 0.497 e. The Hall–Kier alpha value is -14.8. The van der Waals surface area contributed by atoms with Gasteiger partial charge in [-0.15, -0.1) is 0 Å². The first kappa shape index (κ1) is 97.3. The second-order valence-corrected chi connectivity index (χ2v) is 43.8. The molecule has 0 unspecified atom stereocenters. The van der Waals surface area contributed by atoms with Gasteiger partial charge >= 0.3 is 0 Å². The summed E-state index contributed by atoms with van der Waals surface area (Å²) in [5.41, 5.74) is 11.7. The molecule has 0 bridgehead atoms. The molecular weight excluding hydrogens is 1830 g/mol. The van der Waals surface area contributed by atoms with Gasteiger partial charge in [-0.1, -0.05) is 196 Å². The topological polar surface area (TPSA) is 260 Å². The van der Waals surface area contributed by atoms with Crippen molar-refractivity contribution in [1.29, 1.82) is 0 Å². The molecule has 0 atom stereocenters. The maximum atomic E-state index is 13.4. The number of hydrogen-bond acceptors (Lipinski definition) is 18. The van der Waals surface area contributed by atoms with Crippen LogP contribution in [0.5, 0.6) is 51.7 Å². The standard InChI is InChI=1S/C41H36O6S2.C38H30O6S2.C32H26O6S2.CH4/c1-29-5-21-37(22-6-29)48(42,43)38-23-7-30(8-24-38)31-9-25-39(26-10-31)49(44,45)40-27-19-36(20-28-40)47-35-17-13-33(14-18-35)41(2,3)32-11-15-34(46-4)16-12-32;1-27-3-19-35(20-4-27)45(39,40)36-21-9-30(10-22-36)31-11-23-37(24-12-31)46(41,42)38-25-17-34(18-26-38)44-33-15-7-29(8-16-33)28-5-13-32(43-2)14-6-28;1-23-3-15-29(16-4-23)39(33,34)30-17-5-24(6-18-30)25-7-19-31(20-8-25)40(35,36)32-21-13-28(14-22-32)38-27-11-9-26(37-2)10-12-27;/h5-28H,1-4H3;3-26H,1-2H3;3-22H,1-2H3;1H4. The molecule has 0 radical (unpaired) electrons. The Bertz CT molecular complexity index is 7760. The summed E-state index contributed by atoms with van der Waals surface area (Å²) in [7, 11) is -17.3. The van der Waals surface area contributed by atoms with Crippen molar-refractivity contribution in [2.24, 2.45) is 0 Å². The Kier molecular flexibility index (Phi) is 29.6. The fraction of sp³-hybridized carbons (Fsp3) is 0.0893. The van der Waals surface area contributed by atoms with Crippen LogP contribution in [-0.4, -0.2) is 71.8 Å². The van der Waals surface area contributed by atoms with Crippen molar-refractivity contribution < 1.29 is 78.9 Å². The smallest absolute Gasteiger partial charge is 0.206 e. The van der Waals surface area contributed by atoms with Crippen molar-refractivity contribution in [2.45, 2.75) is 106 Å². The Morgan fingerprint density at radius 2 is 0.272 bits per heavy atom. The Balaban J connectivity index is 0.000000163. The van der Waals surface area contributed by atoms with Gasteiger partial charge in [0.1, 0.15) is 51.7 Å². The number of hydrogen-bond donors (Lipinski definition) is 0. The van der Waals surface area contributed by atoms with E-state index in [-0.39, 0.29) is 71.6 Å². The van der Waals surface area contributed by atoms with Crippen LogP contribution in [0.3, 0.4) is 0 Å². The fourth-order valence-electron chi connectivity index (χ4n) is 14.7. The fourth-order valence-corrected chi connectivity index (χ4v) is 22.2. The summed E-state index contributed by atoms with van der Waals surface area (Å²) in [6, 6.07) is 117. The van der Waals surface area contributed by atoms with Crippen molar-refractivity contribution >= 4 is 59.0 Å². The number of aryl methyl sites for hydroxylation is 3. The number of sulfone groups is 6. The highest BCUT2D eigenvalue weighted by Gasteiger charge is 2.27. The molecule has 17 rings (SSSR count). The number of benzene rings is 17. The second-order valence-electron chi connectivity index (χ2n) is 32.1. The van der Waals surface area contributed by atoms with Crippen molar-refractivity contribution in [3.8, 4) is 96.3 Å². The third kappa shape index (κ3) is 22.3. The van der Waals surface area contributed by atoms with Gasteiger partial charge in [-0.2, -0.15) is 0 Å². The first-order valence-electron chi connectivity index (χ1n) is 42.5. The minimum atomic E-state index is -3.78. The van der Waals surface area contributed by atoms with E-state index in [1.54, 1.807) is 300 Å². The van der Waals surface area contributed by atoms with Gasteiger partial charge in [-0.3, -0.25) is 0 Å². The number of ether oxygens (including phenoxy) is 6. The van der Waals surface area contributed by atoms with Gasteiger partial charge in [-0.05, 0) is 331 Å². The van der Waals surface area contributed by atoms with Crippen LogP contribution in [0.15, 0.2) is 471 Å². The predicted octanol–water partition coefficient (Wildman–Crippen LogP) is 26.0. The Morgan fingerprint density at radius 3 is 0.441 bits per heavy atom. The normalized spacial score (nSPS) is 11.7. The summed E-state index contributed by atoms with van der Waals surface area (Å²) in [6.07, 6.45) is 0.